The molecule has 0 saturated carbocycles. The van der Waals surface area contributed by atoms with Gasteiger partial charge in [-0.1, -0.05) is 30.3 Å². The van der Waals surface area contributed by atoms with Crippen LogP contribution in [-0.4, -0.2) is 102 Å². The van der Waals surface area contributed by atoms with Gasteiger partial charge in [0.15, 0.2) is 0 Å². The Morgan fingerprint density at radius 3 is 2.38 bits per heavy atom. The van der Waals surface area contributed by atoms with Crippen LogP contribution in [0.25, 0.3) is 22.2 Å². The third-order valence-corrected chi connectivity index (χ3v) is 8.88. The molecule has 4 amide bonds. The zero-order valence-electron chi connectivity index (χ0n) is 27.9. The minimum absolute atomic E-state index is 0.0830. The highest BCUT2D eigenvalue weighted by atomic mass is 35.5. The highest BCUT2D eigenvalue weighted by Gasteiger charge is 2.51. The number of methoxy groups -OCH3 is 1. The monoisotopic (exact) mass is 679 g/mol. The number of likely N-dealkylation sites (tertiary alicyclic amines) is 2. The summed E-state index contributed by atoms with van der Waals surface area (Å²) in [7, 11) is 3.10. The summed E-state index contributed by atoms with van der Waals surface area (Å²) in [6.07, 6.45) is -0.876. The third-order valence-electron chi connectivity index (χ3n) is 8.65. The van der Waals surface area contributed by atoms with Gasteiger partial charge in [-0.05, 0) is 45.7 Å². The number of piperidine rings is 1. The molecule has 5 rings (SSSR count). The second-order valence-corrected chi connectivity index (χ2v) is 13.3. The lowest BCUT2D eigenvalue weighted by atomic mass is 9.85. The number of alkyl halides is 1. The first-order valence-electron chi connectivity index (χ1n) is 15.9. The molecule has 2 atom stereocenters. The number of carbonyl (C=O) groups excluding carboxylic acids is 4. The molecule has 2 aliphatic rings. The van der Waals surface area contributed by atoms with Crippen molar-refractivity contribution >= 4 is 46.3 Å². The van der Waals surface area contributed by atoms with Crippen LogP contribution in [0.5, 0.6) is 11.5 Å². The molecule has 3 aromatic rings. The molecule has 0 aliphatic carbocycles. The molecule has 2 fully saturated rings. The van der Waals surface area contributed by atoms with E-state index in [1.165, 1.54) is 11.9 Å². The third kappa shape index (κ3) is 7.59. The predicted molar refractivity (Wildman–Crippen MR) is 181 cm³/mol. The Labute approximate surface area is 285 Å². The maximum atomic E-state index is 14.6. The first-order valence-corrected chi connectivity index (χ1v) is 16.5. The Morgan fingerprint density at radius 2 is 1.75 bits per heavy atom. The summed E-state index contributed by atoms with van der Waals surface area (Å²) < 4.78 is 17.6. The summed E-state index contributed by atoms with van der Waals surface area (Å²) in [5.74, 6) is -0.0561. The lowest BCUT2D eigenvalue weighted by molar-refractivity contribution is -0.147. The molecule has 13 heteroatoms. The van der Waals surface area contributed by atoms with Crippen molar-refractivity contribution in [1.82, 2.24) is 25.4 Å². The number of nitrogens with zero attached hydrogens (tertiary/aromatic N) is 3. The van der Waals surface area contributed by atoms with Crippen molar-refractivity contribution in [3.8, 4) is 22.8 Å². The molecule has 2 N–H and O–H groups in total. The van der Waals surface area contributed by atoms with Crippen LogP contribution in [0.15, 0.2) is 54.6 Å². The van der Waals surface area contributed by atoms with Crippen LogP contribution in [-0.2, 0) is 19.1 Å². The van der Waals surface area contributed by atoms with Gasteiger partial charge in [0.1, 0.15) is 40.7 Å². The number of nitrogens with one attached hydrogen (secondary N) is 2. The molecule has 0 spiro atoms. The zero-order valence-corrected chi connectivity index (χ0v) is 28.6. The number of alkyl carbamates (subject to hydrolysis) is 1. The first-order chi connectivity index (χ1) is 22.9. The second kappa shape index (κ2) is 14.3. The molecule has 256 valence electrons. The van der Waals surface area contributed by atoms with Gasteiger partial charge >= 0.3 is 6.09 Å². The highest BCUT2D eigenvalue weighted by Crippen LogP contribution is 2.36. The van der Waals surface area contributed by atoms with Gasteiger partial charge in [-0.25, -0.2) is 9.78 Å². The number of ether oxygens (including phenoxy) is 3. The van der Waals surface area contributed by atoms with E-state index in [9.17, 15) is 19.2 Å². The molecule has 0 unspecified atom stereocenters. The standard InChI is InChI=1S/C35H42ClN5O7/c1-34(2,3)48-33(45)39-35(13-15-40(16-14-35)30(42)20-36)32(44)41-21-24(18-28(41)31(43)37-4)47-29-19-26(22-9-7-6-8-10-22)38-27-17-23(46-5)11-12-25(27)29/h6-12,17,19,24,28H,13-16,18,20-21H2,1-5H3,(H,37,43)(H,39,45)/t24-,28+/m1/s1. The molecule has 1 aromatic heterocycles. The fraction of sp³-hybridized carbons (Fsp3) is 0.457. The van der Waals surface area contributed by atoms with Crippen molar-refractivity contribution < 1.29 is 33.4 Å². The SMILES string of the molecule is CNC(=O)[C@@H]1C[C@@H](Oc2cc(-c3ccccc3)nc3cc(OC)ccc23)CN1C(=O)C1(NC(=O)OC(C)(C)C)CCN(C(=O)CCl)CC1. The number of fused-ring (bicyclic) bond motifs is 1. The fourth-order valence-electron chi connectivity index (χ4n) is 6.25. The first kappa shape index (κ1) is 34.7. The van der Waals surface area contributed by atoms with E-state index >= 15 is 0 Å². The van der Waals surface area contributed by atoms with Gasteiger partial charge in [-0.15, -0.1) is 11.6 Å². The van der Waals surface area contributed by atoms with E-state index in [4.69, 9.17) is 30.8 Å². The van der Waals surface area contributed by atoms with Crippen molar-refractivity contribution in [2.24, 2.45) is 0 Å². The highest BCUT2D eigenvalue weighted by molar-refractivity contribution is 6.27. The van der Waals surface area contributed by atoms with Gasteiger partial charge in [-0.3, -0.25) is 14.4 Å². The van der Waals surface area contributed by atoms with E-state index in [-0.39, 0.29) is 56.6 Å². The van der Waals surface area contributed by atoms with Crippen LogP contribution in [0, 0.1) is 0 Å². The normalized spacial score (nSPS) is 19.0. The van der Waals surface area contributed by atoms with E-state index in [1.807, 2.05) is 54.6 Å². The summed E-state index contributed by atoms with van der Waals surface area (Å²) in [4.78, 5) is 61.2. The number of likely N-dealkylation sites (N-methyl/N-ethyl adjacent to an activating group) is 1. The van der Waals surface area contributed by atoms with Crippen LogP contribution in [0.4, 0.5) is 4.79 Å². The summed E-state index contributed by atoms with van der Waals surface area (Å²) in [6.45, 7) is 5.67. The van der Waals surface area contributed by atoms with E-state index in [1.54, 1.807) is 32.8 Å². The van der Waals surface area contributed by atoms with Gasteiger partial charge in [0.25, 0.3) is 0 Å². The molecule has 48 heavy (non-hydrogen) atoms. The van der Waals surface area contributed by atoms with Crippen LogP contribution >= 0.6 is 11.6 Å². The Balaban J connectivity index is 1.47. The Morgan fingerprint density at radius 1 is 1.04 bits per heavy atom. The number of pyridine rings is 1. The summed E-state index contributed by atoms with van der Waals surface area (Å²) >= 11 is 5.80. The van der Waals surface area contributed by atoms with Gasteiger partial charge in [0, 0.05) is 49.6 Å². The molecule has 0 radical (unpaired) electrons. The molecular weight excluding hydrogens is 638 g/mol. The maximum Gasteiger partial charge on any atom is 0.408 e. The van der Waals surface area contributed by atoms with Crippen LogP contribution in [0.1, 0.15) is 40.0 Å². The molecule has 2 aliphatic heterocycles. The number of hydrogen-bond acceptors (Lipinski definition) is 8. The van der Waals surface area contributed by atoms with E-state index in [2.05, 4.69) is 10.6 Å². The largest absolute Gasteiger partial charge is 0.497 e. The lowest BCUT2D eigenvalue weighted by Gasteiger charge is -2.43. The van der Waals surface area contributed by atoms with E-state index < -0.39 is 35.3 Å². The van der Waals surface area contributed by atoms with Crippen molar-refractivity contribution in [2.45, 2.75) is 63.3 Å². The number of halogens is 1. The number of carbonyl (C=O) groups is 4. The molecule has 3 heterocycles. The smallest absolute Gasteiger partial charge is 0.408 e. The van der Waals surface area contributed by atoms with Gasteiger partial charge < -0.3 is 34.6 Å². The quantitative estimate of drug-likeness (QED) is 0.339. The molecular formula is C35H42ClN5O7. The number of hydrogen-bond donors (Lipinski definition) is 2. The molecule has 0 bridgehead atoms. The summed E-state index contributed by atoms with van der Waals surface area (Å²) in [6, 6.07) is 16.2. The zero-order chi connectivity index (χ0) is 34.6. The Bertz CT molecular complexity index is 1670. The Hall–Kier alpha value is -4.58. The van der Waals surface area contributed by atoms with Gasteiger partial charge in [0.05, 0.1) is 24.9 Å². The van der Waals surface area contributed by atoms with Gasteiger partial charge in [-0.2, -0.15) is 0 Å². The van der Waals surface area contributed by atoms with Gasteiger partial charge in [0.2, 0.25) is 17.7 Å². The topological polar surface area (TPSA) is 139 Å². The summed E-state index contributed by atoms with van der Waals surface area (Å²) in [5.41, 5.74) is 0.0221. The maximum absolute atomic E-state index is 14.6. The number of amides is 4. The minimum atomic E-state index is -1.42. The average Bonchev–Trinajstić information content (AvgIpc) is 3.50. The average molecular weight is 680 g/mol. The van der Waals surface area contributed by atoms with E-state index in [0.717, 1.165) is 10.9 Å². The molecule has 2 aromatic carbocycles. The molecule has 2 saturated heterocycles. The summed E-state index contributed by atoms with van der Waals surface area (Å²) in [5, 5.41) is 6.25. The number of rotatable bonds is 8. The number of aromatic nitrogens is 1. The lowest BCUT2D eigenvalue weighted by Crippen LogP contribution is -2.66. The van der Waals surface area contributed by atoms with Crippen LogP contribution in [0.2, 0.25) is 0 Å². The number of benzene rings is 2. The minimum Gasteiger partial charge on any atom is -0.497 e. The second-order valence-electron chi connectivity index (χ2n) is 13.0. The van der Waals surface area contributed by atoms with Crippen molar-refractivity contribution in [3.63, 3.8) is 0 Å². The van der Waals surface area contributed by atoms with Crippen molar-refractivity contribution in [2.75, 3.05) is 39.7 Å². The predicted octanol–water partition coefficient (Wildman–Crippen LogP) is 4.13. The van der Waals surface area contributed by atoms with Crippen molar-refractivity contribution in [3.05, 3.63) is 54.6 Å². The van der Waals surface area contributed by atoms with E-state index in [0.29, 0.717) is 22.7 Å². The molecule has 12 nitrogen and oxygen atoms in total. The van der Waals surface area contributed by atoms with Crippen LogP contribution in [0.3, 0.4) is 0 Å². The Kier molecular flexibility index (Phi) is 10.3. The fourth-order valence-corrected chi connectivity index (χ4v) is 6.42. The van der Waals surface area contributed by atoms with Crippen molar-refractivity contribution in [1.29, 1.82) is 0 Å². The van der Waals surface area contributed by atoms with Crippen LogP contribution < -0.4 is 20.1 Å².